The normalized spacial score (nSPS) is 10.1. The van der Waals surface area contributed by atoms with E-state index in [2.05, 4.69) is 10.3 Å². The molecule has 18 heavy (non-hydrogen) atoms. The average molecular weight is 283 g/mol. The van der Waals surface area contributed by atoms with E-state index in [0.717, 1.165) is 0 Å². The van der Waals surface area contributed by atoms with Crippen molar-refractivity contribution in [3.05, 3.63) is 52.1 Å². The predicted molar refractivity (Wildman–Crippen MR) is 70.9 cm³/mol. The zero-order valence-electron chi connectivity index (χ0n) is 9.02. The molecule has 2 N–H and O–H groups in total. The minimum atomic E-state index is -1.08. The highest BCUT2D eigenvalue weighted by atomic mass is 35.5. The van der Waals surface area contributed by atoms with E-state index in [4.69, 9.17) is 28.3 Å². The lowest BCUT2D eigenvalue weighted by Crippen LogP contribution is -2.04. The SMILES string of the molecule is O=C(O)c1cccnc1Nc1c(Cl)cccc1Cl. The van der Waals surface area contributed by atoms with Gasteiger partial charge in [0.15, 0.2) is 0 Å². The summed E-state index contributed by atoms with van der Waals surface area (Å²) in [4.78, 5) is 15.0. The van der Waals surface area contributed by atoms with Crippen molar-refractivity contribution in [2.45, 2.75) is 0 Å². The van der Waals surface area contributed by atoms with Crippen LogP contribution in [0.25, 0.3) is 0 Å². The summed E-state index contributed by atoms with van der Waals surface area (Å²) in [5, 5.41) is 12.7. The van der Waals surface area contributed by atoms with Gasteiger partial charge in [-0.2, -0.15) is 0 Å². The van der Waals surface area contributed by atoms with Crippen molar-refractivity contribution in [2.24, 2.45) is 0 Å². The fraction of sp³-hybridized carbons (Fsp3) is 0. The Balaban J connectivity index is 2.43. The minimum absolute atomic E-state index is 0.0495. The van der Waals surface area contributed by atoms with Gasteiger partial charge in [-0.1, -0.05) is 29.3 Å². The van der Waals surface area contributed by atoms with Crippen molar-refractivity contribution in [1.82, 2.24) is 4.98 Å². The van der Waals surface area contributed by atoms with Gasteiger partial charge in [0.05, 0.1) is 15.7 Å². The molecule has 1 aromatic heterocycles. The number of pyridine rings is 1. The van der Waals surface area contributed by atoms with Crippen LogP contribution in [0.4, 0.5) is 11.5 Å². The molecule has 0 bridgehead atoms. The number of carboxylic acids is 1. The van der Waals surface area contributed by atoms with Gasteiger partial charge in [0.2, 0.25) is 0 Å². The van der Waals surface area contributed by atoms with Crippen LogP contribution in [-0.2, 0) is 0 Å². The average Bonchev–Trinajstić information content (AvgIpc) is 2.34. The Hall–Kier alpha value is -1.78. The molecule has 0 atom stereocenters. The van der Waals surface area contributed by atoms with Crippen molar-refractivity contribution in [2.75, 3.05) is 5.32 Å². The molecule has 0 aliphatic rings. The minimum Gasteiger partial charge on any atom is -0.478 e. The maximum Gasteiger partial charge on any atom is 0.339 e. The van der Waals surface area contributed by atoms with E-state index in [1.165, 1.54) is 12.3 Å². The fourth-order valence-corrected chi connectivity index (χ4v) is 1.91. The summed E-state index contributed by atoms with van der Waals surface area (Å²) >= 11 is 12.0. The Bertz CT molecular complexity index is 582. The molecule has 0 aliphatic carbocycles. The first-order chi connectivity index (χ1) is 8.59. The summed E-state index contributed by atoms with van der Waals surface area (Å²) in [6.45, 7) is 0. The molecule has 6 heteroatoms. The maximum atomic E-state index is 11.0. The second-order valence-corrected chi connectivity index (χ2v) is 4.24. The van der Waals surface area contributed by atoms with Crippen LogP contribution in [0.3, 0.4) is 0 Å². The number of nitrogens with zero attached hydrogens (tertiary/aromatic N) is 1. The van der Waals surface area contributed by atoms with Gasteiger partial charge in [-0.15, -0.1) is 0 Å². The molecule has 0 unspecified atom stereocenters. The summed E-state index contributed by atoms with van der Waals surface area (Å²) in [6, 6.07) is 8.00. The third-order valence-corrected chi connectivity index (χ3v) is 2.87. The smallest absolute Gasteiger partial charge is 0.339 e. The number of para-hydroxylation sites is 1. The first kappa shape index (κ1) is 12.7. The van der Waals surface area contributed by atoms with Crippen molar-refractivity contribution < 1.29 is 9.90 Å². The molecule has 1 heterocycles. The molecular formula is C12H8Cl2N2O2. The molecule has 0 radical (unpaired) electrons. The van der Waals surface area contributed by atoms with Gasteiger partial charge in [-0.3, -0.25) is 0 Å². The number of rotatable bonds is 3. The van der Waals surface area contributed by atoms with Crippen LogP contribution in [0.2, 0.25) is 10.0 Å². The molecule has 0 saturated heterocycles. The van der Waals surface area contributed by atoms with Gasteiger partial charge in [-0.05, 0) is 24.3 Å². The van der Waals surface area contributed by atoms with Crippen LogP contribution in [0.15, 0.2) is 36.5 Å². The summed E-state index contributed by atoms with van der Waals surface area (Å²) < 4.78 is 0. The maximum absolute atomic E-state index is 11.0. The number of carboxylic acid groups (broad SMARTS) is 1. The molecule has 2 rings (SSSR count). The third-order valence-electron chi connectivity index (χ3n) is 2.24. The van der Waals surface area contributed by atoms with Crippen molar-refractivity contribution >= 4 is 40.7 Å². The third kappa shape index (κ3) is 2.55. The zero-order chi connectivity index (χ0) is 13.1. The van der Waals surface area contributed by atoms with Crippen LogP contribution in [0, 0.1) is 0 Å². The van der Waals surface area contributed by atoms with E-state index in [1.807, 2.05) is 0 Å². The van der Waals surface area contributed by atoms with Gasteiger partial charge >= 0.3 is 5.97 Å². The number of aromatic nitrogens is 1. The Morgan fingerprint density at radius 3 is 2.44 bits per heavy atom. The van der Waals surface area contributed by atoms with Gasteiger partial charge in [0, 0.05) is 6.20 Å². The number of benzene rings is 1. The van der Waals surface area contributed by atoms with Crippen LogP contribution < -0.4 is 5.32 Å². The Kier molecular flexibility index (Phi) is 3.69. The first-order valence-electron chi connectivity index (χ1n) is 4.99. The zero-order valence-corrected chi connectivity index (χ0v) is 10.5. The van der Waals surface area contributed by atoms with E-state index in [-0.39, 0.29) is 11.4 Å². The Labute approximate surface area is 113 Å². The van der Waals surface area contributed by atoms with Crippen LogP contribution in [0.1, 0.15) is 10.4 Å². The van der Waals surface area contributed by atoms with Crippen LogP contribution >= 0.6 is 23.2 Å². The lowest BCUT2D eigenvalue weighted by atomic mass is 10.2. The van der Waals surface area contributed by atoms with E-state index >= 15 is 0 Å². The molecule has 1 aromatic carbocycles. The Morgan fingerprint density at radius 2 is 1.83 bits per heavy atom. The lowest BCUT2D eigenvalue weighted by molar-refractivity contribution is 0.0697. The molecule has 0 spiro atoms. The lowest BCUT2D eigenvalue weighted by Gasteiger charge is -2.11. The number of anilines is 2. The molecule has 4 nitrogen and oxygen atoms in total. The monoisotopic (exact) mass is 282 g/mol. The highest BCUT2D eigenvalue weighted by Gasteiger charge is 2.13. The van der Waals surface area contributed by atoms with Crippen molar-refractivity contribution in [1.29, 1.82) is 0 Å². The summed E-state index contributed by atoms with van der Waals surface area (Å²) in [5.41, 5.74) is 0.482. The highest BCUT2D eigenvalue weighted by Crippen LogP contribution is 2.32. The second-order valence-electron chi connectivity index (χ2n) is 3.43. The molecule has 0 amide bonds. The van der Waals surface area contributed by atoms with Gasteiger partial charge in [0.25, 0.3) is 0 Å². The van der Waals surface area contributed by atoms with Crippen molar-refractivity contribution in [3.8, 4) is 0 Å². The van der Waals surface area contributed by atoms with Crippen molar-refractivity contribution in [3.63, 3.8) is 0 Å². The molecule has 2 aromatic rings. The van der Waals surface area contributed by atoms with E-state index in [0.29, 0.717) is 15.7 Å². The molecule has 0 saturated carbocycles. The second kappa shape index (κ2) is 5.25. The number of halogens is 2. The summed E-state index contributed by atoms with van der Waals surface area (Å²) in [7, 11) is 0. The van der Waals surface area contributed by atoms with Gasteiger partial charge in [0.1, 0.15) is 11.4 Å². The largest absolute Gasteiger partial charge is 0.478 e. The highest BCUT2D eigenvalue weighted by molar-refractivity contribution is 6.39. The van der Waals surface area contributed by atoms with E-state index in [1.54, 1.807) is 24.3 Å². The molecule has 0 fully saturated rings. The summed E-state index contributed by atoms with van der Waals surface area (Å²) in [6.07, 6.45) is 1.49. The van der Waals surface area contributed by atoms with E-state index < -0.39 is 5.97 Å². The predicted octanol–water partition coefficient (Wildman–Crippen LogP) is 3.83. The number of carbonyl (C=O) groups is 1. The number of hydrogen-bond donors (Lipinski definition) is 2. The Morgan fingerprint density at radius 1 is 1.17 bits per heavy atom. The summed E-state index contributed by atoms with van der Waals surface area (Å²) in [5.74, 6) is -0.881. The topological polar surface area (TPSA) is 62.2 Å². The van der Waals surface area contributed by atoms with E-state index in [9.17, 15) is 4.79 Å². The quantitative estimate of drug-likeness (QED) is 0.898. The van der Waals surface area contributed by atoms with Gasteiger partial charge in [-0.25, -0.2) is 9.78 Å². The number of aromatic carboxylic acids is 1. The fourth-order valence-electron chi connectivity index (χ4n) is 1.41. The molecule has 92 valence electrons. The number of hydrogen-bond acceptors (Lipinski definition) is 3. The standard InChI is InChI=1S/C12H8Cl2N2O2/c13-8-4-1-5-9(14)10(8)16-11-7(12(17)18)3-2-6-15-11/h1-6H,(H,15,16)(H,17,18). The van der Waals surface area contributed by atoms with Crippen LogP contribution in [-0.4, -0.2) is 16.1 Å². The molecule has 0 aliphatic heterocycles. The van der Waals surface area contributed by atoms with Crippen LogP contribution in [0.5, 0.6) is 0 Å². The number of nitrogens with one attached hydrogen (secondary N) is 1. The molecular weight excluding hydrogens is 275 g/mol. The first-order valence-corrected chi connectivity index (χ1v) is 5.74. The van der Waals surface area contributed by atoms with Gasteiger partial charge < -0.3 is 10.4 Å².